The lowest BCUT2D eigenvalue weighted by atomic mass is 10.2. The van der Waals surface area contributed by atoms with E-state index in [0.29, 0.717) is 22.8 Å². The maximum absolute atomic E-state index is 11.4. The highest BCUT2D eigenvalue weighted by Gasteiger charge is 2.19. The van der Waals surface area contributed by atoms with Crippen LogP contribution in [0.25, 0.3) is 0 Å². The van der Waals surface area contributed by atoms with Crippen LogP contribution >= 0.6 is 0 Å². The third-order valence-corrected chi connectivity index (χ3v) is 4.49. The van der Waals surface area contributed by atoms with Crippen molar-refractivity contribution in [2.45, 2.75) is 4.90 Å². The lowest BCUT2D eigenvalue weighted by Gasteiger charge is -2.12. The Morgan fingerprint density at radius 3 is 2.18 bits per heavy atom. The average Bonchev–Trinajstić information content (AvgIpc) is 2.66. The fourth-order valence-electron chi connectivity index (χ4n) is 2.29. The molecule has 0 radical (unpaired) electrons. The second-order valence-electron chi connectivity index (χ2n) is 5.31. The molecule has 0 unspecified atom stereocenters. The van der Waals surface area contributed by atoms with Gasteiger partial charge in [-0.25, -0.2) is 13.6 Å². The number of nitrogens with zero attached hydrogens (tertiary/aromatic N) is 2. The maximum Gasteiger partial charge on any atom is 0.295 e. The number of nitrogens with two attached hydrogens (primary N) is 1. The van der Waals surface area contributed by atoms with E-state index in [2.05, 4.69) is 10.5 Å². The van der Waals surface area contributed by atoms with E-state index in [1.54, 1.807) is 12.1 Å². The standard InChI is InChI=1S/C16H18N4O7S/c1-25-14-6-10(7-15(26-2)16(14)27-3)9-18-19-12-5-4-11(28(17,23)24)8-13(12)20(21)22/h4-9,19H,1-3H3,(H2,17,23,24)/b18-9-. The number of hydrazone groups is 1. The molecule has 28 heavy (non-hydrogen) atoms. The van der Waals surface area contributed by atoms with Crippen molar-refractivity contribution in [2.24, 2.45) is 10.2 Å². The Balaban J connectivity index is 2.33. The summed E-state index contributed by atoms with van der Waals surface area (Å²) in [4.78, 5) is 10.1. The second kappa shape index (κ2) is 8.54. The van der Waals surface area contributed by atoms with Crippen molar-refractivity contribution in [3.8, 4) is 17.2 Å². The van der Waals surface area contributed by atoms with Crippen LogP contribution in [0.15, 0.2) is 40.3 Å². The van der Waals surface area contributed by atoms with Gasteiger partial charge < -0.3 is 14.2 Å². The summed E-state index contributed by atoms with van der Waals surface area (Å²) in [6.45, 7) is 0. The largest absolute Gasteiger partial charge is 0.493 e. The SMILES string of the molecule is COc1cc(/C=N\Nc2ccc(S(N)(=O)=O)cc2[N+](=O)[O-])cc(OC)c1OC. The molecule has 0 atom stereocenters. The minimum atomic E-state index is -4.07. The number of hydrogen-bond donors (Lipinski definition) is 2. The van der Waals surface area contributed by atoms with Gasteiger partial charge in [0.1, 0.15) is 5.69 Å². The molecular formula is C16H18N4O7S. The van der Waals surface area contributed by atoms with Gasteiger partial charge in [-0.15, -0.1) is 0 Å². The Morgan fingerprint density at radius 2 is 1.71 bits per heavy atom. The summed E-state index contributed by atoms with van der Waals surface area (Å²) >= 11 is 0. The Kier molecular flexibility index (Phi) is 6.38. The van der Waals surface area contributed by atoms with Crippen LogP contribution in [0.3, 0.4) is 0 Å². The topological polar surface area (TPSA) is 155 Å². The van der Waals surface area contributed by atoms with Crippen molar-refractivity contribution in [1.29, 1.82) is 0 Å². The van der Waals surface area contributed by atoms with Crippen LogP contribution in [0.2, 0.25) is 0 Å². The fourth-order valence-corrected chi connectivity index (χ4v) is 2.82. The third-order valence-electron chi connectivity index (χ3n) is 3.58. The number of hydrogen-bond acceptors (Lipinski definition) is 9. The monoisotopic (exact) mass is 410 g/mol. The molecule has 0 spiro atoms. The van der Waals surface area contributed by atoms with Gasteiger partial charge in [0, 0.05) is 11.6 Å². The fraction of sp³-hybridized carbons (Fsp3) is 0.188. The molecule has 0 aliphatic carbocycles. The molecule has 0 fully saturated rings. The van der Waals surface area contributed by atoms with Gasteiger partial charge >= 0.3 is 0 Å². The number of nitro groups is 1. The molecule has 3 N–H and O–H groups in total. The van der Waals surface area contributed by atoms with Crippen molar-refractivity contribution >= 4 is 27.6 Å². The molecule has 0 saturated heterocycles. The Hall–Kier alpha value is -3.38. The summed E-state index contributed by atoms with van der Waals surface area (Å²) in [5.41, 5.74) is 2.56. The van der Waals surface area contributed by atoms with E-state index in [-0.39, 0.29) is 10.6 Å². The molecule has 0 aromatic heterocycles. The zero-order chi connectivity index (χ0) is 20.9. The van der Waals surface area contributed by atoms with Gasteiger partial charge in [-0.1, -0.05) is 0 Å². The molecule has 0 saturated carbocycles. The quantitative estimate of drug-likeness (QED) is 0.378. The summed E-state index contributed by atoms with van der Waals surface area (Å²) in [6.07, 6.45) is 1.38. The van der Waals surface area contributed by atoms with Crippen molar-refractivity contribution in [3.05, 3.63) is 46.0 Å². The first-order valence-corrected chi connectivity index (χ1v) is 9.16. The van der Waals surface area contributed by atoms with E-state index in [1.165, 1.54) is 33.6 Å². The van der Waals surface area contributed by atoms with Crippen molar-refractivity contribution < 1.29 is 27.6 Å². The van der Waals surface area contributed by atoms with E-state index in [9.17, 15) is 18.5 Å². The normalized spacial score (nSPS) is 11.3. The van der Waals surface area contributed by atoms with Gasteiger partial charge in [0.15, 0.2) is 11.5 Å². The zero-order valence-corrected chi connectivity index (χ0v) is 16.0. The highest BCUT2D eigenvalue weighted by molar-refractivity contribution is 7.89. The minimum absolute atomic E-state index is 0.0129. The predicted molar refractivity (Wildman–Crippen MR) is 102 cm³/mol. The average molecular weight is 410 g/mol. The van der Waals surface area contributed by atoms with E-state index in [1.807, 2.05) is 0 Å². The van der Waals surface area contributed by atoms with Crippen LogP contribution in [0.5, 0.6) is 17.2 Å². The molecule has 2 aromatic carbocycles. The number of anilines is 1. The van der Waals surface area contributed by atoms with Crippen molar-refractivity contribution in [1.82, 2.24) is 0 Å². The van der Waals surface area contributed by atoms with E-state index in [0.717, 1.165) is 12.1 Å². The van der Waals surface area contributed by atoms with Crippen LogP contribution in [-0.4, -0.2) is 40.9 Å². The smallest absolute Gasteiger partial charge is 0.295 e. The molecule has 2 rings (SSSR count). The molecule has 0 aliphatic heterocycles. The Labute approximate surface area is 160 Å². The maximum atomic E-state index is 11.4. The number of nitrogens with one attached hydrogen (secondary N) is 1. The molecule has 11 nitrogen and oxygen atoms in total. The highest BCUT2D eigenvalue weighted by Crippen LogP contribution is 2.37. The minimum Gasteiger partial charge on any atom is -0.493 e. The molecule has 12 heteroatoms. The van der Waals surface area contributed by atoms with Crippen LogP contribution in [0, 0.1) is 10.1 Å². The Morgan fingerprint density at radius 1 is 1.11 bits per heavy atom. The summed E-state index contributed by atoms with van der Waals surface area (Å²) in [7, 11) is 0.331. The van der Waals surface area contributed by atoms with Crippen LogP contribution in [-0.2, 0) is 10.0 Å². The predicted octanol–water partition coefficient (Wildman–Crippen LogP) is 1.71. The lowest BCUT2D eigenvalue weighted by molar-refractivity contribution is -0.384. The molecule has 2 aromatic rings. The summed E-state index contributed by atoms with van der Waals surface area (Å²) in [6, 6.07) is 6.45. The number of primary sulfonamides is 1. The van der Waals surface area contributed by atoms with E-state index in [4.69, 9.17) is 19.3 Å². The number of methoxy groups -OCH3 is 3. The van der Waals surface area contributed by atoms with E-state index >= 15 is 0 Å². The zero-order valence-electron chi connectivity index (χ0n) is 15.2. The molecule has 0 aliphatic rings. The van der Waals surface area contributed by atoms with Crippen LogP contribution in [0.4, 0.5) is 11.4 Å². The molecular weight excluding hydrogens is 392 g/mol. The second-order valence-corrected chi connectivity index (χ2v) is 6.87. The number of benzene rings is 2. The summed E-state index contributed by atoms with van der Waals surface area (Å²) < 4.78 is 38.4. The van der Waals surface area contributed by atoms with Gasteiger partial charge in [0.05, 0.1) is 37.4 Å². The molecule has 0 amide bonds. The number of ether oxygens (including phenoxy) is 3. The first kappa shape index (κ1) is 20.9. The highest BCUT2D eigenvalue weighted by atomic mass is 32.2. The van der Waals surface area contributed by atoms with E-state index < -0.39 is 20.6 Å². The van der Waals surface area contributed by atoms with Gasteiger partial charge in [0.2, 0.25) is 15.8 Å². The van der Waals surface area contributed by atoms with Gasteiger partial charge in [-0.3, -0.25) is 15.5 Å². The Bertz CT molecular complexity index is 997. The first-order valence-electron chi connectivity index (χ1n) is 7.61. The van der Waals surface area contributed by atoms with Gasteiger partial charge in [-0.2, -0.15) is 5.10 Å². The first-order chi connectivity index (χ1) is 13.2. The van der Waals surface area contributed by atoms with Gasteiger partial charge in [-0.05, 0) is 24.3 Å². The third kappa shape index (κ3) is 4.66. The van der Waals surface area contributed by atoms with Crippen LogP contribution < -0.4 is 24.8 Å². The number of sulfonamides is 1. The molecule has 150 valence electrons. The summed E-state index contributed by atoms with van der Waals surface area (Å²) in [5, 5.41) is 20.1. The molecule has 0 bridgehead atoms. The van der Waals surface area contributed by atoms with Gasteiger partial charge in [0.25, 0.3) is 5.69 Å². The summed E-state index contributed by atoms with van der Waals surface area (Å²) in [5.74, 6) is 1.22. The number of rotatable bonds is 8. The van der Waals surface area contributed by atoms with Crippen molar-refractivity contribution in [3.63, 3.8) is 0 Å². The van der Waals surface area contributed by atoms with Crippen LogP contribution in [0.1, 0.15) is 5.56 Å². The van der Waals surface area contributed by atoms with Crippen molar-refractivity contribution in [2.75, 3.05) is 26.8 Å². The molecule has 0 heterocycles. The number of nitro benzene ring substituents is 1. The lowest BCUT2D eigenvalue weighted by Crippen LogP contribution is -2.12.